The first kappa shape index (κ1) is 24.5. The van der Waals surface area contributed by atoms with Gasteiger partial charge in [0.05, 0.1) is 35.2 Å². The van der Waals surface area contributed by atoms with Crippen molar-refractivity contribution in [2.24, 2.45) is 0 Å². The minimum atomic E-state index is -4.10. The van der Waals surface area contributed by atoms with Gasteiger partial charge in [-0.3, -0.25) is 4.98 Å². The number of piperidine rings is 1. The fourth-order valence-corrected chi connectivity index (χ4v) is 5.53. The molecule has 0 aliphatic carbocycles. The summed E-state index contributed by atoms with van der Waals surface area (Å²) in [5, 5.41) is 0.405. The van der Waals surface area contributed by atoms with E-state index in [1.807, 2.05) is 0 Å². The zero-order valence-corrected chi connectivity index (χ0v) is 20.7. The second-order valence-corrected chi connectivity index (χ2v) is 11.2. The molecule has 188 valence electrons. The minimum Gasteiger partial charge on any atom is -0.341 e. The summed E-state index contributed by atoms with van der Waals surface area (Å²) in [6, 6.07) is 3.73. The Morgan fingerprint density at radius 1 is 1.03 bits per heavy atom. The van der Waals surface area contributed by atoms with Crippen LogP contribution in [0.15, 0.2) is 47.9 Å². The molecular weight excluding hydrogens is 515 g/mol. The largest absolute Gasteiger partial charge is 0.341 e. The van der Waals surface area contributed by atoms with Crippen LogP contribution in [0.2, 0.25) is 5.02 Å². The maximum atomic E-state index is 15.0. The van der Waals surface area contributed by atoms with Crippen molar-refractivity contribution in [3.63, 3.8) is 0 Å². The molecule has 0 amide bonds. The lowest BCUT2D eigenvalue weighted by atomic mass is 9.90. The van der Waals surface area contributed by atoms with Crippen LogP contribution in [0.25, 0.3) is 10.9 Å². The Labute approximate surface area is 210 Å². The van der Waals surface area contributed by atoms with E-state index in [0.29, 0.717) is 24.1 Å². The van der Waals surface area contributed by atoms with Crippen molar-refractivity contribution in [2.75, 3.05) is 24.2 Å². The molecule has 1 aromatic carbocycles. The number of halogens is 4. The summed E-state index contributed by atoms with van der Waals surface area (Å²) in [7, 11) is -4.10. The van der Waals surface area contributed by atoms with E-state index >= 15 is 4.39 Å². The fourth-order valence-electron chi connectivity index (χ4n) is 4.59. The number of nitrogens with zero attached hydrogens (tertiary/aromatic N) is 5. The van der Waals surface area contributed by atoms with Crippen molar-refractivity contribution in [1.29, 1.82) is 0 Å². The van der Waals surface area contributed by atoms with Crippen LogP contribution in [-0.2, 0) is 16.4 Å². The molecule has 12 heteroatoms. The lowest BCUT2D eigenvalue weighted by Gasteiger charge is -2.32. The minimum absolute atomic E-state index is 0.0646. The van der Waals surface area contributed by atoms with Crippen molar-refractivity contribution in [2.45, 2.75) is 30.2 Å². The van der Waals surface area contributed by atoms with Crippen LogP contribution < -0.4 is 4.90 Å². The lowest BCUT2D eigenvalue weighted by molar-refractivity contribution is 0.493. The normalized spacial score (nSPS) is 15.1. The lowest BCUT2D eigenvalue weighted by Crippen LogP contribution is -2.34. The van der Waals surface area contributed by atoms with E-state index in [1.54, 1.807) is 18.6 Å². The molecule has 0 N–H and O–H groups in total. The van der Waals surface area contributed by atoms with Gasteiger partial charge in [-0.2, -0.15) is 0 Å². The quantitative estimate of drug-likeness (QED) is 0.367. The SMILES string of the molecule is CS(=O)(=O)c1c(F)cc2c(ccn2Cc2ncc(C3CCN(c4ncc(Cl)cn4)CC3)cc2F)c1F. The number of sulfone groups is 1. The van der Waals surface area contributed by atoms with Gasteiger partial charge in [0, 0.05) is 37.1 Å². The Kier molecular flexibility index (Phi) is 6.37. The van der Waals surface area contributed by atoms with E-state index in [1.165, 1.54) is 22.9 Å². The summed E-state index contributed by atoms with van der Waals surface area (Å²) in [6.45, 7) is 1.34. The number of benzene rings is 1. The fraction of sp³-hybridized carbons (Fsp3) is 0.292. The van der Waals surface area contributed by atoms with Gasteiger partial charge in [-0.1, -0.05) is 11.6 Å². The highest BCUT2D eigenvalue weighted by atomic mass is 35.5. The number of pyridine rings is 1. The molecule has 0 bridgehead atoms. The van der Waals surface area contributed by atoms with Gasteiger partial charge in [-0.25, -0.2) is 31.6 Å². The molecule has 36 heavy (non-hydrogen) atoms. The van der Waals surface area contributed by atoms with Crippen LogP contribution in [0, 0.1) is 17.5 Å². The molecule has 1 aliphatic rings. The summed E-state index contributed by atoms with van der Waals surface area (Å²) >= 11 is 5.85. The molecule has 0 atom stereocenters. The third kappa shape index (κ3) is 4.64. The Morgan fingerprint density at radius 2 is 1.72 bits per heavy atom. The molecule has 0 saturated carbocycles. The van der Waals surface area contributed by atoms with Crippen LogP contribution in [-0.4, -0.2) is 47.3 Å². The van der Waals surface area contributed by atoms with Crippen LogP contribution >= 0.6 is 11.6 Å². The zero-order valence-electron chi connectivity index (χ0n) is 19.1. The van der Waals surface area contributed by atoms with Gasteiger partial charge in [0.25, 0.3) is 0 Å². The van der Waals surface area contributed by atoms with Crippen LogP contribution in [0.5, 0.6) is 0 Å². The van der Waals surface area contributed by atoms with Gasteiger partial charge in [-0.05, 0) is 42.5 Å². The first-order valence-corrected chi connectivity index (χ1v) is 13.4. The standard InChI is InChI=1S/C24H21ClF3N5O2S/c1-36(34,35)23-19(27)9-21-17(22(23)28)4-7-33(21)13-20-18(26)8-15(10-29-20)14-2-5-32(6-3-14)24-30-11-16(25)12-31-24/h4,7-12,14H,2-3,5-6,13H2,1H3. The van der Waals surface area contributed by atoms with Crippen LogP contribution in [0.3, 0.4) is 0 Å². The molecule has 1 saturated heterocycles. The second kappa shape index (κ2) is 9.36. The van der Waals surface area contributed by atoms with Crippen LogP contribution in [0.1, 0.15) is 30.0 Å². The molecule has 1 aliphatic heterocycles. The van der Waals surface area contributed by atoms with E-state index in [9.17, 15) is 17.2 Å². The number of rotatable bonds is 5. The Morgan fingerprint density at radius 3 is 2.36 bits per heavy atom. The summed E-state index contributed by atoms with van der Waals surface area (Å²) in [5.41, 5.74) is 0.996. The van der Waals surface area contributed by atoms with Crippen molar-refractivity contribution in [3.05, 3.63) is 76.7 Å². The number of anilines is 1. The average molecular weight is 536 g/mol. The molecule has 4 heterocycles. The number of hydrogen-bond donors (Lipinski definition) is 0. The summed E-state index contributed by atoms with van der Waals surface area (Å²) in [6.07, 6.45) is 8.47. The van der Waals surface area contributed by atoms with Gasteiger partial charge < -0.3 is 9.47 Å². The predicted molar refractivity (Wildman–Crippen MR) is 129 cm³/mol. The highest BCUT2D eigenvalue weighted by Crippen LogP contribution is 2.31. The van der Waals surface area contributed by atoms with Gasteiger partial charge >= 0.3 is 0 Å². The third-order valence-electron chi connectivity index (χ3n) is 6.41. The molecule has 0 spiro atoms. The number of fused-ring (bicyclic) bond motifs is 1. The first-order valence-electron chi connectivity index (χ1n) is 11.2. The molecular formula is C24H21ClF3N5O2S. The average Bonchev–Trinajstić information content (AvgIpc) is 3.23. The predicted octanol–water partition coefficient (Wildman–Crippen LogP) is 4.73. The van der Waals surface area contributed by atoms with E-state index in [0.717, 1.165) is 30.7 Å². The second-order valence-electron chi connectivity index (χ2n) is 8.81. The smallest absolute Gasteiger partial charge is 0.225 e. The Hall–Kier alpha value is -3.18. The first-order chi connectivity index (χ1) is 17.1. The van der Waals surface area contributed by atoms with E-state index < -0.39 is 32.2 Å². The molecule has 1 fully saturated rings. The van der Waals surface area contributed by atoms with Gasteiger partial charge in [0.1, 0.15) is 16.5 Å². The van der Waals surface area contributed by atoms with Gasteiger partial charge in [0.15, 0.2) is 15.7 Å². The number of hydrogen-bond acceptors (Lipinski definition) is 6. The highest BCUT2D eigenvalue weighted by Gasteiger charge is 2.25. The molecule has 0 unspecified atom stereocenters. The number of aromatic nitrogens is 4. The van der Waals surface area contributed by atoms with Crippen molar-refractivity contribution < 1.29 is 21.6 Å². The van der Waals surface area contributed by atoms with E-state index in [-0.39, 0.29) is 29.1 Å². The van der Waals surface area contributed by atoms with E-state index in [4.69, 9.17) is 11.6 Å². The van der Waals surface area contributed by atoms with Gasteiger partial charge in [-0.15, -0.1) is 0 Å². The molecule has 5 rings (SSSR count). The van der Waals surface area contributed by atoms with Gasteiger partial charge in [0.2, 0.25) is 5.95 Å². The molecule has 4 aromatic rings. The zero-order chi connectivity index (χ0) is 25.6. The highest BCUT2D eigenvalue weighted by molar-refractivity contribution is 7.90. The van der Waals surface area contributed by atoms with Crippen molar-refractivity contribution in [1.82, 2.24) is 19.5 Å². The van der Waals surface area contributed by atoms with Crippen LogP contribution in [0.4, 0.5) is 19.1 Å². The molecule has 0 radical (unpaired) electrons. The molecule has 3 aromatic heterocycles. The third-order valence-corrected chi connectivity index (χ3v) is 7.72. The Bertz CT molecular complexity index is 1550. The summed E-state index contributed by atoms with van der Waals surface area (Å²) < 4.78 is 69.1. The maximum absolute atomic E-state index is 15.0. The topological polar surface area (TPSA) is 81.0 Å². The van der Waals surface area contributed by atoms with E-state index in [2.05, 4.69) is 19.9 Å². The van der Waals surface area contributed by atoms with Crippen molar-refractivity contribution in [3.8, 4) is 0 Å². The maximum Gasteiger partial charge on any atom is 0.225 e. The monoisotopic (exact) mass is 535 g/mol. The summed E-state index contributed by atoms with van der Waals surface area (Å²) in [4.78, 5) is 13.8. The molecule has 7 nitrogen and oxygen atoms in total. The Balaban J connectivity index is 1.33. The van der Waals surface area contributed by atoms with Crippen molar-refractivity contribution >= 4 is 38.3 Å². The summed E-state index contributed by atoms with van der Waals surface area (Å²) in [5.74, 6) is -2.15.